The maximum atomic E-state index is 11.1. The molecular formula is C10H11IO3. The summed E-state index contributed by atoms with van der Waals surface area (Å²) in [5, 5.41) is 17.9. The number of rotatable bonds is 4. The van der Waals surface area contributed by atoms with Gasteiger partial charge in [-0.25, -0.2) is 0 Å². The molecule has 0 aromatic heterocycles. The third-order valence-electron chi connectivity index (χ3n) is 2.03. The number of aliphatic carboxylic acids is 1. The van der Waals surface area contributed by atoms with Gasteiger partial charge >= 0.3 is 5.97 Å². The maximum absolute atomic E-state index is 11.1. The van der Waals surface area contributed by atoms with Gasteiger partial charge in [0.15, 0.2) is 0 Å². The zero-order chi connectivity index (χ0) is 10.6. The van der Waals surface area contributed by atoms with Gasteiger partial charge in [-0.3, -0.25) is 4.79 Å². The Labute approximate surface area is 95.9 Å². The van der Waals surface area contributed by atoms with Crippen LogP contribution < -0.4 is 0 Å². The van der Waals surface area contributed by atoms with Crippen molar-refractivity contribution < 1.29 is 15.0 Å². The smallest absolute Gasteiger partial charge is 0.324 e. The van der Waals surface area contributed by atoms with Crippen LogP contribution in [0.3, 0.4) is 0 Å². The summed E-state index contributed by atoms with van der Waals surface area (Å²) < 4.78 is -1.02. The molecule has 1 atom stereocenters. The molecule has 1 unspecified atom stereocenters. The Morgan fingerprint density at radius 2 is 1.93 bits per heavy atom. The number of halogens is 1. The predicted molar refractivity (Wildman–Crippen MR) is 61.5 cm³/mol. The van der Waals surface area contributed by atoms with E-state index in [9.17, 15) is 4.79 Å². The van der Waals surface area contributed by atoms with E-state index in [1.54, 1.807) is 24.3 Å². The van der Waals surface area contributed by atoms with Crippen LogP contribution >= 0.6 is 22.6 Å². The fourth-order valence-electron chi connectivity index (χ4n) is 1.23. The molecule has 2 N–H and O–H groups in total. The van der Waals surface area contributed by atoms with E-state index in [1.165, 1.54) is 0 Å². The number of alkyl halides is 1. The van der Waals surface area contributed by atoms with Gasteiger partial charge < -0.3 is 10.2 Å². The highest BCUT2D eigenvalue weighted by Gasteiger charge is 2.36. The zero-order valence-corrected chi connectivity index (χ0v) is 9.64. The van der Waals surface area contributed by atoms with Gasteiger partial charge in [0.2, 0.25) is 0 Å². The van der Waals surface area contributed by atoms with Crippen molar-refractivity contribution in [2.24, 2.45) is 0 Å². The number of aliphatic hydroxyl groups is 1. The standard InChI is InChI=1S/C10H11IO3/c11-10(6-7-12,9(13)14)8-4-2-1-3-5-8/h1-5,12H,6-7H2,(H,13,14). The predicted octanol–water partition coefficient (Wildman–Crippen LogP) is 1.78. The van der Waals surface area contributed by atoms with Crippen LogP contribution in [0.15, 0.2) is 30.3 Å². The molecule has 1 rings (SSSR count). The topological polar surface area (TPSA) is 57.5 Å². The molecule has 0 radical (unpaired) electrons. The summed E-state index contributed by atoms with van der Waals surface area (Å²) in [4.78, 5) is 11.1. The minimum absolute atomic E-state index is 0.135. The van der Waals surface area contributed by atoms with Gasteiger partial charge in [-0.15, -0.1) is 0 Å². The molecule has 76 valence electrons. The summed E-state index contributed by atoms with van der Waals surface area (Å²) in [5.41, 5.74) is 0.710. The Hall–Kier alpha value is -0.620. The van der Waals surface area contributed by atoms with E-state index in [4.69, 9.17) is 10.2 Å². The second-order valence-electron chi connectivity index (χ2n) is 2.95. The van der Waals surface area contributed by atoms with Crippen molar-refractivity contribution in [3.63, 3.8) is 0 Å². The summed E-state index contributed by atoms with van der Waals surface area (Å²) in [6, 6.07) is 8.94. The van der Waals surface area contributed by atoms with Crippen LogP contribution in [0.2, 0.25) is 0 Å². The lowest BCUT2D eigenvalue weighted by Gasteiger charge is -2.22. The van der Waals surface area contributed by atoms with Crippen LogP contribution in [0.25, 0.3) is 0 Å². The molecule has 0 saturated heterocycles. The molecule has 0 amide bonds. The third-order valence-corrected chi connectivity index (χ3v) is 3.65. The maximum Gasteiger partial charge on any atom is 0.324 e. The fourth-order valence-corrected chi connectivity index (χ4v) is 1.83. The Morgan fingerprint density at radius 3 is 2.36 bits per heavy atom. The molecular weight excluding hydrogens is 295 g/mol. The molecule has 0 spiro atoms. The molecule has 0 aliphatic rings. The Morgan fingerprint density at radius 1 is 1.36 bits per heavy atom. The summed E-state index contributed by atoms with van der Waals surface area (Å²) in [6.45, 7) is -0.135. The molecule has 0 fully saturated rings. The minimum atomic E-state index is -1.02. The van der Waals surface area contributed by atoms with E-state index < -0.39 is 9.39 Å². The normalized spacial score (nSPS) is 14.7. The van der Waals surface area contributed by atoms with Crippen LogP contribution in [-0.2, 0) is 8.22 Å². The fraction of sp³-hybridized carbons (Fsp3) is 0.300. The molecule has 0 aliphatic carbocycles. The Kier molecular flexibility index (Phi) is 3.88. The van der Waals surface area contributed by atoms with Gasteiger partial charge in [0, 0.05) is 6.61 Å². The highest BCUT2D eigenvalue weighted by molar-refractivity contribution is 14.1. The van der Waals surface area contributed by atoms with Crippen molar-refractivity contribution >= 4 is 28.6 Å². The van der Waals surface area contributed by atoms with Crippen molar-refractivity contribution in [3.05, 3.63) is 35.9 Å². The summed E-state index contributed by atoms with van der Waals surface area (Å²) >= 11 is 1.87. The first kappa shape index (κ1) is 11.5. The molecule has 0 bridgehead atoms. The molecule has 4 heteroatoms. The van der Waals surface area contributed by atoms with Gasteiger partial charge in [-0.1, -0.05) is 52.9 Å². The highest BCUT2D eigenvalue weighted by atomic mass is 127. The number of carboxylic acid groups (broad SMARTS) is 1. The highest BCUT2D eigenvalue weighted by Crippen LogP contribution is 2.35. The number of hydrogen-bond donors (Lipinski definition) is 2. The summed E-state index contributed by atoms with van der Waals surface area (Å²) in [6.07, 6.45) is 0.215. The molecule has 14 heavy (non-hydrogen) atoms. The molecule has 1 aromatic carbocycles. The van der Waals surface area contributed by atoms with Crippen LogP contribution in [0.1, 0.15) is 12.0 Å². The van der Waals surface area contributed by atoms with Crippen LogP contribution in [0, 0.1) is 0 Å². The average Bonchev–Trinajstić information content (AvgIpc) is 2.19. The van der Waals surface area contributed by atoms with E-state index in [-0.39, 0.29) is 13.0 Å². The molecule has 0 aliphatic heterocycles. The SMILES string of the molecule is O=C(O)C(I)(CCO)c1ccccc1. The van der Waals surface area contributed by atoms with E-state index >= 15 is 0 Å². The monoisotopic (exact) mass is 306 g/mol. The van der Waals surface area contributed by atoms with Crippen molar-refractivity contribution in [3.8, 4) is 0 Å². The lowest BCUT2D eigenvalue weighted by molar-refractivity contribution is -0.140. The molecule has 0 saturated carbocycles. The first-order chi connectivity index (χ1) is 6.61. The zero-order valence-electron chi connectivity index (χ0n) is 7.48. The van der Waals surface area contributed by atoms with E-state index in [1.807, 2.05) is 28.7 Å². The molecule has 1 aromatic rings. The summed E-state index contributed by atoms with van der Waals surface area (Å²) in [5.74, 6) is -0.918. The largest absolute Gasteiger partial charge is 0.480 e. The van der Waals surface area contributed by atoms with Crippen LogP contribution in [0.4, 0.5) is 0 Å². The number of carbonyl (C=O) groups is 1. The van der Waals surface area contributed by atoms with Gasteiger partial charge in [0.1, 0.15) is 3.42 Å². The second-order valence-corrected chi connectivity index (χ2v) is 4.79. The van der Waals surface area contributed by atoms with Gasteiger partial charge in [0.25, 0.3) is 0 Å². The number of hydrogen-bond acceptors (Lipinski definition) is 2. The second kappa shape index (κ2) is 4.75. The number of carboxylic acids is 1. The lowest BCUT2D eigenvalue weighted by atomic mass is 9.96. The first-order valence-electron chi connectivity index (χ1n) is 4.20. The number of benzene rings is 1. The van der Waals surface area contributed by atoms with E-state index in [0.29, 0.717) is 5.56 Å². The Bertz CT molecular complexity index is 312. The van der Waals surface area contributed by atoms with E-state index in [0.717, 1.165) is 0 Å². The third kappa shape index (κ3) is 2.24. The van der Waals surface area contributed by atoms with E-state index in [2.05, 4.69) is 0 Å². The molecule has 3 nitrogen and oxygen atoms in total. The van der Waals surface area contributed by atoms with Gasteiger partial charge in [-0.2, -0.15) is 0 Å². The number of aliphatic hydroxyl groups excluding tert-OH is 1. The minimum Gasteiger partial charge on any atom is -0.480 e. The summed E-state index contributed by atoms with van der Waals surface area (Å²) in [7, 11) is 0. The van der Waals surface area contributed by atoms with Gasteiger partial charge in [-0.05, 0) is 12.0 Å². The van der Waals surface area contributed by atoms with Crippen LogP contribution in [-0.4, -0.2) is 22.8 Å². The van der Waals surface area contributed by atoms with Crippen molar-refractivity contribution in [2.45, 2.75) is 9.84 Å². The molecule has 0 heterocycles. The first-order valence-corrected chi connectivity index (χ1v) is 5.28. The average molecular weight is 306 g/mol. The van der Waals surface area contributed by atoms with Crippen molar-refractivity contribution in [2.75, 3.05) is 6.61 Å². The Balaban J connectivity index is 3.06. The quantitative estimate of drug-likeness (QED) is 0.658. The van der Waals surface area contributed by atoms with Gasteiger partial charge in [0.05, 0.1) is 0 Å². The lowest BCUT2D eigenvalue weighted by Crippen LogP contribution is -2.29. The van der Waals surface area contributed by atoms with Crippen LogP contribution in [0.5, 0.6) is 0 Å². The van der Waals surface area contributed by atoms with Crippen molar-refractivity contribution in [1.29, 1.82) is 0 Å². The van der Waals surface area contributed by atoms with Crippen molar-refractivity contribution in [1.82, 2.24) is 0 Å².